The Bertz CT molecular complexity index is 2410. The molecule has 0 radical (unpaired) electrons. The summed E-state index contributed by atoms with van der Waals surface area (Å²) in [5.41, 5.74) is 10.1. The van der Waals surface area contributed by atoms with E-state index in [1.807, 2.05) is 11.3 Å². The summed E-state index contributed by atoms with van der Waals surface area (Å²) >= 11 is 1.86. The van der Waals surface area contributed by atoms with Crippen LogP contribution in [0.2, 0.25) is 0 Å². The Morgan fingerprint density at radius 2 is 1.05 bits per heavy atom. The molecular weight excluding hydrogens is 518 g/mol. The molecule has 9 aromatic rings. The van der Waals surface area contributed by atoms with Crippen molar-refractivity contribution in [2.24, 2.45) is 0 Å². The van der Waals surface area contributed by atoms with Gasteiger partial charge in [-0.05, 0) is 70.8 Å². The van der Waals surface area contributed by atoms with Gasteiger partial charge in [-0.1, -0.05) is 91.0 Å². The number of nitrogens with zero attached hydrogens (tertiary/aromatic N) is 1. The third-order valence-corrected chi connectivity index (χ3v) is 9.32. The van der Waals surface area contributed by atoms with Crippen LogP contribution in [0.1, 0.15) is 0 Å². The van der Waals surface area contributed by atoms with Crippen molar-refractivity contribution >= 4 is 64.5 Å². The lowest BCUT2D eigenvalue weighted by atomic mass is 10.0. The van der Waals surface area contributed by atoms with Crippen molar-refractivity contribution in [1.82, 2.24) is 4.57 Å². The zero-order chi connectivity index (χ0) is 26.9. The summed E-state index contributed by atoms with van der Waals surface area (Å²) in [6, 6.07) is 49.9. The topological polar surface area (TPSA) is 18.1 Å². The summed E-state index contributed by atoms with van der Waals surface area (Å²) in [5, 5.41) is 4.88. The number of furan rings is 1. The summed E-state index contributed by atoms with van der Waals surface area (Å²) in [7, 11) is 0. The number of rotatable bonds is 3. The molecule has 0 fully saturated rings. The number of aromatic nitrogens is 1. The van der Waals surface area contributed by atoms with Crippen LogP contribution in [0, 0.1) is 0 Å². The molecule has 3 aromatic heterocycles. The molecule has 3 heteroatoms. The smallest absolute Gasteiger partial charge is 0.161 e. The summed E-state index contributed by atoms with van der Waals surface area (Å²) in [6.07, 6.45) is 0. The number of thiophene rings is 1. The van der Waals surface area contributed by atoms with E-state index in [4.69, 9.17) is 4.42 Å². The minimum Gasteiger partial charge on any atom is -0.454 e. The highest BCUT2D eigenvalue weighted by molar-refractivity contribution is 7.25. The first-order valence-electron chi connectivity index (χ1n) is 13.9. The third-order valence-electron chi connectivity index (χ3n) is 8.21. The van der Waals surface area contributed by atoms with E-state index < -0.39 is 0 Å². The molecule has 6 aromatic carbocycles. The molecule has 2 nitrogen and oxygen atoms in total. The van der Waals surface area contributed by atoms with E-state index in [0.717, 1.165) is 44.2 Å². The molecule has 0 spiro atoms. The van der Waals surface area contributed by atoms with Gasteiger partial charge in [-0.2, -0.15) is 0 Å². The lowest BCUT2D eigenvalue weighted by Crippen LogP contribution is -1.92. The van der Waals surface area contributed by atoms with Crippen LogP contribution in [0.15, 0.2) is 144 Å². The van der Waals surface area contributed by atoms with Gasteiger partial charge >= 0.3 is 0 Å². The van der Waals surface area contributed by atoms with E-state index in [0.29, 0.717) is 0 Å². The Labute approximate surface area is 240 Å². The number of benzene rings is 6. The first kappa shape index (κ1) is 22.7. The molecule has 0 amide bonds. The second-order valence-corrected chi connectivity index (χ2v) is 11.7. The Morgan fingerprint density at radius 3 is 1.78 bits per heavy atom. The quantitative estimate of drug-likeness (QED) is 0.217. The second-order valence-electron chi connectivity index (χ2n) is 10.6. The largest absolute Gasteiger partial charge is 0.454 e. The monoisotopic (exact) mass is 541 g/mol. The van der Waals surface area contributed by atoms with E-state index in [2.05, 4.69) is 144 Å². The molecule has 0 atom stereocenters. The Kier molecular flexibility index (Phi) is 4.80. The number of hydrogen-bond acceptors (Lipinski definition) is 2. The maximum Gasteiger partial charge on any atom is 0.161 e. The van der Waals surface area contributed by atoms with E-state index in [9.17, 15) is 0 Å². The van der Waals surface area contributed by atoms with Gasteiger partial charge in [0.1, 0.15) is 11.1 Å². The zero-order valence-electron chi connectivity index (χ0n) is 22.0. The molecule has 41 heavy (non-hydrogen) atoms. The summed E-state index contributed by atoms with van der Waals surface area (Å²) in [4.78, 5) is 0. The van der Waals surface area contributed by atoms with Crippen LogP contribution in [-0.2, 0) is 0 Å². The first-order chi connectivity index (χ1) is 20.3. The number of hydrogen-bond donors (Lipinski definition) is 0. The fourth-order valence-corrected chi connectivity index (χ4v) is 7.44. The average molecular weight is 542 g/mol. The van der Waals surface area contributed by atoms with E-state index in [1.54, 1.807) is 0 Å². The van der Waals surface area contributed by atoms with Crippen molar-refractivity contribution in [1.29, 1.82) is 0 Å². The molecular formula is C38H23NOS. The summed E-state index contributed by atoms with van der Waals surface area (Å²) < 4.78 is 11.5. The number of para-hydroxylation sites is 2. The Hall–Kier alpha value is -5.12. The summed E-state index contributed by atoms with van der Waals surface area (Å²) in [5.74, 6) is 0. The molecule has 0 aliphatic heterocycles. The van der Waals surface area contributed by atoms with E-state index in [-0.39, 0.29) is 0 Å². The fraction of sp³-hybridized carbons (Fsp3) is 0. The van der Waals surface area contributed by atoms with Crippen LogP contribution >= 0.6 is 11.3 Å². The van der Waals surface area contributed by atoms with E-state index in [1.165, 1.54) is 36.9 Å². The van der Waals surface area contributed by atoms with Gasteiger partial charge < -0.3 is 8.98 Å². The molecule has 0 saturated heterocycles. The van der Waals surface area contributed by atoms with Gasteiger partial charge in [0.2, 0.25) is 0 Å². The van der Waals surface area contributed by atoms with Crippen molar-refractivity contribution in [2.75, 3.05) is 0 Å². The third kappa shape index (κ3) is 3.43. The van der Waals surface area contributed by atoms with Crippen molar-refractivity contribution in [3.63, 3.8) is 0 Å². The van der Waals surface area contributed by atoms with E-state index >= 15 is 0 Å². The molecule has 192 valence electrons. The molecule has 0 bridgehead atoms. The summed E-state index contributed by atoms with van der Waals surface area (Å²) in [6.45, 7) is 0. The zero-order valence-corrected chi connectivity index (χ0v) is 22.9. The predicted molar refractivity (Wildman–Crippen MR) is 174 cm³/mol. The maximum atomic E-state index is 6.60. The predicted octanol–water partition coefficient (Wildman–Crippen LogP) is 11.2. The van der Waals surface area contributed by atoms with Gasteiger partial charge in [0.15, 0.2) is 5.58 Å². The highest BCUT2D eigenvalue weighted by atomic mass is 32.1. The molecule has 0 aliphatic rings. The molecule has 3 heterocycles. The van der Waals surface area contributed by atoms with Crippen LogP contribution in [0.25, 0.3) is 81.1 Å². The Balaban J connectivity index is 1.19. The lowest BCUT2D eigenvalue weighted by molar-refractivity contribution is 0.673. The minimum absolute atomic E-state index is 0.909. The number of fused-ring (bicyclic) bond motifs is 8. The van der Waals surface area contributed by atoms with Crippen LogP contribution in [-0.4, -0.2) is 4.57 Å². The van der Waals surface area contributed by atoms with Gasteiger partial charge in [-0.25, -0.2) is 0 Å². The molecule has 9 rings (SSSR count). The van der Waals surface area contributed by atoms with Crippen molar-refractivity contribution in [3.05, 3.63) is 140 Å². The van der Waals surface area contributed by atoms with Crippen LogP contribution in [0.4, 0.5) is 0 Å². The Morgan fingerprint density at radius 1 is 0.463 bits per heavy atom. The van der Waals surface area contributed by atoms with Crippen molar-refractivity contribution in [2.45, 2.75) is 0 Å². The normalized spacial score (nSPS) is 11.9. The first-order valence-corrected chi connectivity index (χ1v) is 14.7. The van der Waals surface area contributed by atoms with Gasteiger partial charge in [0.05, 0.1) is 5.52 Å². The van der Waals surface area contributed by atoms with Gasteiger partial charge in [-0.15, -0.1) is 11.3 Å². The SMILES string of the molecule is c1ccc(-c2ccc3c(c2)sc2cc(-c4ccc5c(c4)oc4c6ccccc6n(-c6ccccc6)c54)ccc23)cc1. The van der Waals surface area contributed by atoms with Gasteiger partial charge in [0, 0.05) is 36.6 Å². The van der Waals surface area contributed by atoms with Gasteiger partial charge in [-0.3, -0.25) is 0 Å². The standard InChI is InChI=1S/C38H23NOS/c1-3-9-24(10-4-1)26-15-18-29-30-19-16-27(23-36(30)41-35(29)22-26)25-17-20-32-34(21-25)40-38-31-13-7-8-14-33(31)39(37(32)38)28-11-5-2-6-12-28/h1-23H. The minimum atomic E-state index is 0.909. The fourth-order valence-electron chi connectivity index (χ4n) is 6.26. The van der Waals surface area contributed by atoms with Crippen LogP contribution in [0.3, 0.4) is 0 Å². The highest BCUT2D eigenvalue weighted by Gasteiger charge is 2.19. The molecule has 0 unspecified atom stereocenters. The average Bonchev–Trinajstić information content (AvgIpc) is 3.69. The highest BCUT2D eigenvalue weighted by Crippen LogP contribution is 2.42. The lowest BCUT2D eigenvalue weighted by Gasteiger charge is -2.07. The maximum absolute atomic E-state index is 6.60. The molecule has 0 aliphatic carbocycles. The molecule has 0 N–H and O–H groups in total. The van der Waals surface area contributed by atoms with Crippen LogP contribution in [0.5, 0.6) is 0 Å². The molecule has 0 saturated carbocycles. The second kappa shape index (κ2) is 8.69. The van der Waals surface area contributed by atoms with Crippen LogP contribution < -0.4 is 0 Å². The van der Waals surface area contributed by atoms with Gasteiger partial charge in [0.25, 0.3) is 0 Å². The van der Waals surface area contributed by atoms with Crippen molar-refractivity contribution < 1.29 is 4.42 Å². The van der Waals surface area contributed by atoms with Crippen molar-refractivity contribution in [3.8, 4) is 27.9 Å².